The highest BCUT2D eigenvalue weighted by molar-refractivity contribution is 7.85. The molecule has 12 nitrogen and oxygen atoms in total. The second-order valence-electron chi connectivity index (χ2n) is 16.1. The first-order valence-corrected chi connectivity index (χ1v) is 24.7. The molecule has 1 heterocycles. The maximum Gasteiger partial charge on any atom is 0.306 e. The van der Waals surface area contributed by atoms with Crippen LogP contribution in [0.4, 0.5) is 0 Å². The van der Waals surface area contributed by atoms with Crippen LogP contribution in [-0.4, -0.2) is 96.0 Å². The van der Waals surface area contributed by atoms with Gasteiger partial charge in [0.25, 0.3) is 10.1 Å². The van der Waals surface area contributed by atoms with Crippen molar-refractivity contribution in [1.29, 1.82) is 0 Å². The number of carbonyl (C=O) groups is 2. The summed E-state index contributed by atoms with van der Waals surface area (Å²) in [5.74, 6) is -2.01. The van der Waals surface area contributed by atoms with Crippen LogP contribution in [0.1, 0.15) is 187 Å². The fourth-order valence-electron chi connectivity index (χ4n) is 6.83. The topological polar surface area (TPSA) is 186 Å². The maximum atomic E-state index is 12.8. The molecule has 6 unspecified atom stereocenters. The minimum atomic E-state index is -4.60. The fraction of sp³-hybridized carbons (Fsp3) is 0.826. The summed E-state index contributed by atoms with van der Waals surface area (Å²) < 4.78 is 54.0. The summed E-state index contributed by atoms with van der Waals surface area (Å²) >= 11 is 0. The van der Waals surface area contributed by atoms with Gasteiger partial charge < -0.3 is 34.3 Å². The third-order valence-corrected chi connectivity index (χ3v) is 11.2. The highest BCUT2D eigenvalue weighted by atomic mass is 32.2. The van der Waals surface area contributed by atoms with E-state index in [9.17, 15) is 37.9 Å². The van der Waals surface area contributed by atoms with Crippen LogP contribution in [0.15, 0.2) is 36.5 Å². The molecule has 6 atom stereocenters. The lowest BCUT2D eigenvalue weighted by molar-refractivity contribution is -0.297. The monoisotopic (exact) mass is 859 g/mol. The molecule has 1 saturated heterocycles. The van der Waals surface area contributed by atoms with E-state index >= 15 is 0 Å². The number of rotatable bonds is 38. The molecule has 0 bridgehead atoms. The first-order chi connectivity index (χ1) is 28.5. The van der Waals surface area contributed by atoms with Gasteiger partial charge in [0.2, 0.25) is 0 Å². The number of carbonyl (C=O) groups excluding carboxylic acids is 2. The molecule has 4 N–H and O–H groups in total. The Morgan fingerprint density at radius 3 is 1.58 bits per heavy atom. The number of allylic oxidation sites excluding steroid dienone is 6. The molecule has 344 valence electrons. The summed E-state index contributed by atoms with van der Waals surface area (Å²) in [6.07, 6.45) is 31.9. The van der Waals surface area contributed by atoms with Gasteiger partial charge in [-0.2, -0.15) is 8.42 Å². The quantitative estimate of drug-likeness (QED) is 0.0200. The Morgan fingerprint density at radius 1 is 0.576 bits per heavy atom. The summed E-state index contributed by atoms with van der Waals surface area (Å²) in [6, 6.07) is 0. The van der Waals surface area contributed by atoms with E-state index in [1.807, 2.05) is 0 Å². The molecule has 1 fully saturated rings. The normalized spacial score (nSPS) is 20.5. The number of aliphatic hydroxyl groups is 3. The van der Waals surface area contributed by atoms with Crippen LogP contribution in [0.2, 0.25) is 0 Å². The highest BCUT2D eigenvalue weighted by Crippen LogP contribution is 2.24. The van der Waals surface area contributed by atoms with Gasteiger partial charge in [0.1, 0.15) is 36.8 Å². The Bertz CT molecular complexity index is 1240. The third-order valence-electron chi connectivity index (χ3n) is 10.4. The van der Waals surface area contributed by atoms with Crippen molar-refractivity contribution in [2.75, 3.05) is 19.0 Å². The Morgan fingerprint density at radius 2 is 1.05 bits per heavy atom. The molecule has 0 aromatic carbocycles. The first-order valence-electron chi connectivity index (χ1n) is 23.0. The molecular weight excluding hydrogens is 777 g/mol. The standard InChI is InChI=1S/C46H82O12S/c1-3-5-7-9-11-13-15-17-18-19-20-21-23-24-26-28-30-32-34-41(47)55-36-39(37-56-46-45(51)44(50)43(49)40(58-46)38-59(52,53)54)57-42(48)35-33-31-29-27-25-22-16-14-12-10-8-6-4-2/h8,10,14,16,18-19,39-40,43-46,49-51H,3-7,9,11-13,15,17,20-38H2,1-2H3,(H,52,53,54)/b10-8-,16-14-,19-18-. The smallest absolute Gasteiger partial charge is 0.306 e. The van der Waals surface area contributed by atoms with Crippen molar-refractivity contribution in [3.05, 3.63) is 36.5 Å². The van der Waals surface area contributed by atoms with E-state index < -0.39 is 71.2 Å². The van der Waals surface area contributed by atoms with Crippen LogP contribution < -0.4 is 0 Å². The zero-order chi connectivity index (χ0) is 43.4. The fourth-order valence-corrected chi connectivity index (χ4v) is 7.52. The molecule has 1 aliphatic rings. The molecule has 0 amide bonds. The molecule has 0 aliphatic carbocycles. The number of hydrogen-bond donors (Lipinski definition) is 4. The number of hydrogen-bond acceptors (Lipinski definition) is 11. The van der Waals surface area contributed by atoms with E-state index in [1.54, 1.807) is 0 Å². The number of esters is 2. The molecular formula is C46H82O12S. The van der Waals surface area contributed by atoms with Crippen LogP contribution in [0, 0.1) is 0 Å². The lowest BCUT2D eigenvalue weighted by Crippen LogP contribution is -2.60. The zero-order valence-electron chi connectivity index (χ0n) is 36.6. The van der Waals surface area contributed by atoms with Gasteiger partial charge in [0.05, 0.1) is 6.61 Å². The van der Waals surface area contributed by atoms with E-state index in [2.05, 4.69) is 50.3 Å². The average Bonchev–Trinajstić information content (AvgIpc) is 3.20. The third kappa shape index (κ3) is 31.4. The lowest BCUT2D eigenvalue weighted by atomic mass is 10.00. The van der Waals surface area contributed by atoms with Gasteiger partial charge in [-0.1, -0.05) is 147 Å². The van der Waals surface area contributed by atoms with E-state index in [1.165, 1.54) is 70.6 Å². The Labute approximate surface area is 357 Å². The van der Waals surface area contributed by atoms with Crippen LogP contribution >= 0.6 is 0 Å². The molecule has 0 spiro atoms. The van der Waals surface area contributed by atoms with Crippen molar-refractivity contribution in [1.82, 2.24) is 0 Å². The van der Waals surface area contributed by atoms with Gasteiger partial charge in [0.15, 0.2) is 12.4 Å². The maximum absolute atomic E-state index is 12.8. The summed E-state index contributed by atoms with van der Waals surface area (Å²) in [4.78, 5) is 25.4. The summed E-state index contributed by atoms with van der Waals surface area (Å²) in [6.45, 7) is 3.68. The molecule has 0 saturated carbocycles. The van der Waals surface area contributed by atoms with Gasteiger partial charge >= 0.3 is 11.9 Å². The number of ether oxygens (including phenoxy) is 4. The minimum absolute atomic E-state index is 0.147. The van der Waals surface area contributed by atoms with Gasteiger partial charge in [-0.25, -0.2) is 0 Å². The number of aliphatic hydroxyl groups excluding tert-OH is 3. The molecule has 0 radical (unpaired) electrons. The summed E-state index contributed by atoms with van der Waals surface area (Å²) in [7, 11) is -4.60. The van der Waals surface area contributed by atoms with E-state index in [0.29, 0.717) is 12.8 Å². The van der Waals surface area contributed by atoms with Gasteiger partial charge in [-0.3, -0.25) is 14.1 Å². The molecule has 0 aromatic heterocycles. The minimum Gasteiger partial charge on any atom is -0.462 e. The highest BCUT2D eigenvalue weighted by Gasteiger charge is 2.46. The van der Waals surface area contributed by atoms with Crippen molar-refractivity contribution in [3.8, 4) is 0 Å². The van der Waals surface area contributed by atoms with E-state index in [0.717, 1.165) is 77.0 Å². The predicted molar refractivity (Wildman–Crippen MR) is 233 cm³/mol. The van der Waals surface area contributed by atoms with Gasteiger partial charge in [-0.15, -0.1) is 0 Å². The van der Waals surface area contributed by atoms with Crippen molar-refractivity contribution in [2.24, 2.45) is 0 Å². The molecule has 0 aromatic rings. The van der Waals surface area contributed by atoms with E-state index in [-0.39, 0.29) is 19.4 Å². The first kappa shape index (κ1) is 54.9. The summed E-state index contributed by atoms with van der Waals surface area (Å²) in [5.41, 5.74) is 0. The van der Waals surface area contributed by atoms with Crippen molar-refractivity contribution < 1.29 is 56.8 Å². The van der Waals surface area contributed by atoms with Gasteiger partial charge in [0, 0.05) is 12.8 Å². The van der Waals surface area contributed by atoms with Crippen molar-refractivity contribution >= 4 is 22.1 Å². The van der Waals surface area contributed by atoms with Crippen LogP contribution in [-0.2, 0) is 38.7 Å². The SMILES string of the molecule is CCC/C=C\C/C=C\CCCCCCCC(=O)OC(COC(=O)CCCCCCCCC/C=C\CCCCCCCCC)COC1OC(CS(=O)(=O)O)C(O)C(O)C1O. The van der Waals surface area contributed by atoms with Gasteiger partial charge in [-0.05, 0) is 64.2 Å². The average molecular weight is 859 g/mol. The van der Waals surface area contributed by atoms with Crippen LogP contribution in [0.5, 0.6) is 0 Å². The molecule has 1 aliphatic heterocycles. The van der Waals surface area contributed by atoms with Crippen molar-refractivity contribution in [2.45, 2.75) is 224 Å². The zero-order valence-corrected chi connectivity index (χ0v) is 37.4. The number of unbranched alkanes of at least 4 members (excludes halogenated alkanes) is 20. The Kier molecular flexibility index (Phi) is 34.0. The van der Waals surface area contributed by atoms with Crippen LogP contribution in [0.3, 0.4) is 0 Å². The Balaban J connectivity index is 2.43. The molecule has 59 heavy (non-hydrogen) atoms. The largest absolute Gasteiger partial charge is 0.462 e. The van der Waals surface area contributed by atoms with Crippen LogP contribution in [0.25, 0.3) is 0 Å². The summed E-state index contributed by atoms with van der Waals surface area (Å²) in [5, 5.41) is 30.9. The van der Waals surface area contributed by atoms with E-state index in [4.69, 9.17) is 18.9 Å². The molecule has 13 heteroatoms. The second kappa shape index (κ2) is 36.5. The Hall–Kier alpha value is -2.13. The molecule has 1 rings (SSSR count). The predicted octanol–water partition coefficient (Wildman–Crippen LogP) is 9.39. The van der Waals surface area contributed by atoms with Crippen molar-refractivity contribution in [3.63, 3.8) is 0 Å². The second-order valence-corrected chi connectivity index (χ2v) is 17.6. The lowest BCUT2D eigenvalue weighted by Gasteiger charge is -2.40.